The Balaban J connectivity index is 1.39. The Bertz CT molecular complexity index is 1180. The lowest BCUT2D eigenvalue weighted by Gasteiger charge is -2.28. The molecular formula is C27H31FN6O3. The number of carbonyl (C=O) groups excluding carboxylic acids is 2. The van der Waals surface area contributed by atoms with E-state index in [9.17, 15) is 14.0 Å². The van der Waals surface area contributed by atoms with Crippen LogP contribution in [0.15, 0.2) is 66.9 Å². The van der Waals surface area contributed by atoms with Gasteiger partial charge in [-0.25, -0.2) is 9.18 Å². The highest BCUT2D eigenvalue weighted by atomic mass is 19.1. The van der Waals surface area contributed by atoms with E-state index in [0.29, 0.717) is 30.2 Å². The number of morpholine rings is 1. The molecule has 3 aromatic rings. The molecule has 2 heterocycles. The van der Waals surface area contributed by atoms with Crippen molar-refractivity contribution in [1.82, 2.24) is 14.8 Å². The molecule has 37 heavy (non-hydrogen) atoms. The van der Waals surface area contributed by atoms with Gasteiger partial charge in [0, 0.05) is 44.6 Å². The zero-order valence-corrected chi connectivity index (χ0v) is 20.5. The molecule has 194 valence electrons. The van der Waals surface area contributed by atoms with Crippen LogP contribution in [0.5, 0.6) is 0 Å². The van der Waals surface area contributed by atoms with Gasteiger partial charge in [0.25, 0.3) is 5.91 Å². The number of aromatic nitrogens is 1. The van der Waals surface area contributed by atoms with E-state index in [1.165, 1.54) is 24.3 Å². The summed E-state index contributed by atoms with van der Waals surface area (Å²) in [6, 6.07) is 15.7. The standard InChI is InChI=1S/C27H31FN6O3/c28-21-7-9-22(10-8-21)31-27(36)34(13-3-12-33-14-16-37-17-15-33)19-20-6-11-25(30-18-20)26(35)32-24-5-2-1-4-23(24)29/h1-2,4-11,18H,3,12-17,19,29H2,(H,31,36)(H,32,35). The summed E-state index contributed by atoms with van der Waals surface area (Å²) >= 11 is 0. The van der Waals surface area contributed by atoms with E-state index in [2.05, 4.69) is 20.5 Å². The van der Waals surface area contributed by atoms with Crippen molar-refractivity contribution in [3.8, 4) is 0 Å². The molecule has 1 saturated heterocycles. The number of halogens is 1. The van der Waals surface area contributed by atoms with Crippen LogP contribution in [-0.4, -0.2) is 66.1 Å². The van der Waals surface area contributed by atoms with Crippen LogP contribution in [0.4, 0.5) is 26.2 Å². The average molecular weight is 507 g/mol. The van der Waals surface area contributed by atoms with Crippen molar-refractivity contribution in [2.24, 2.45) is 0 Å². The lowest BCUT2D eigenvalue weighted by atomic mass is 10.2. The number of urea groups is 1. The number of anilines is 3. The summed E-state index contributed by atoms with van der Waals surface area (Å²) in [7, 11) is 0. The predicted octanol–water partition coefficient (Wildman–Crippen LogP) is 3.81. The summed E-state index contributed by atoms with van der Waals surface area (Å²) in [5.41, 5.74) is 8.40. The summed E-state index contributed by atoms with van der Waals surface area (Å²) in [4.78, 5) is 34.0. The van der Waals surface area contributed by atoms with Gasteiger partial charge >= 0.3 is 6.03 Å². The van der Waals surface area contributed by atoms with Gasteiger partial charge in [0.05, 0.1) is 24.6 Å². The molecule has 0 spiro atoms. The van der Waals surface area contributed by atoms with E-state index in [4.69, 9.17) is 10.5 Å². The number of nitrogen functional groups attached to an aromatic ring is 1. The van der Waals surface area contributed by atoms with Crippen molar-refractivity contribution in [1.29, 1.82) is 0 Å². The highest BCUT2D eigenvalue weighted by molar-refractivity contribution is 6.04. The molecule has 1 aromatic heterocycles. The van der Waals surface area contributed by atoms with Gasteiger partial charge in [0.2, 0.25) is 0 Å². The number of amides is 3. The molecule has 0 unspecified atom stereocenters. The molecule has 0 atom stereocenters. The molecule has 2 aromatic carbocycles. The third-order valence-electron chi connectivity index (χ3n) is 6.03. The normalized spacial score (nSPS) is 13.6. The maximum Gasteiger partial charge on any atom is 0.322 e. The summed E-state index contributed by atoms with van der Waals surface area (Å²) in [6.45, 7) is 4.86. The number of rotatable bonds is 9. The number of pyridine rings is 1. The first-order valence-electron chi connectivity index (χ1n) is 12.2. The van der Waals surface area contributed by atoms with Crippen LogP contribution < -0.4 is 16.4 Å². The fourth-order valence-corrected chi connectivity index (χ4v) is 3.97. The van der Waals surface area contributed by atoms with Crippen LogP contribution in [0.25, 0.3) is 0 Å². The first-order chi connectivity index (χ1) is 18.0. The first kappa shape index (κ1) is 26.1. The second-order valence-corrected chi connectivity index (χ2v) is 8.76. The number of hydrogen-bond acceptors (Lipinski definition) is 6. The largest absolute Gasteiger partial charge is 0.397 e. The molecule has 0 bridgehead atoms. The molecule has 4 rings (SSSR count). The Hall–Kier alpha value is -4.02. The summed E-state index contributed by atoms with van der Waals surface area (Å²) in [6.07, 6.45) is 2.37. The van der Waals surface area contributed by atoms with E-state index < -0.39 is 0 Å². The lowest BCUT2D eigenvalue weighted by Crippen LogP contribution is -2.40. The zero-order valence-electron chi connectivity index (χ0n) is 20.5. The molecule has 0 aliphatic carbocycles. The van der Waals surface area contributed by atoms with E-state index in [-0.39, 0.29) is 23.4 Å². The summed E-state index contributed by atoms with van der Waals surface area (Å²) in [5, 5.41) is 5.58. The number of nitrogens with one attached hydrogen (secondary N) is 2. The summed E-state index contributed by atoms with van der Waals surface area (Å²) < 4.78 is 18.7. The van der Waals surface area contributed by atoms with Crippen molar-refractivity contribution >= 4 is 29.0 Å². The number of para-hydroxylation sites is 2. The first-order valence-corrected chi connectivity index (χ1v) is 12.2. The van der Waals surface area contributed by atoms with Crippen molar-refractivity contribution in [3.63, 3.8) is 0 Å². The smallest absolute Gasteiger partial charge is 0.322 e. The number of nitrogens with zero attached hydrogens (tertiary/aromatic N) is 3. The Morgan fingerprint density at radius 3 is 2.49 bits per heavy atom. The van der Waals surface area contributed by atoms with Gasteiger partial charge in [-0.2, -0.15) is 0 Å². The van der Waals surface area contributed by atoms with Crippen LogP contribution >= 0.6 is 0 Å². The van der Waals surface area contributed by atoms with Gasteiger partial charge in [-0.15, -0.1) is 0 Å². The van der Waals surface area contributed by atoms with Gasteiger partial charge in [-0.1, -0.05) is 18.2 Å². The minimum atomic E-state index is -0.374. The predicted molar refractivity (Wildman–Crippen MR) is 141 cm³/mol. The van der Waals surface area contributed by atoms with Gasteiger partial charge in [-0.05, 0) is 54.4 Å². The molecule has 1 fully saturated rings. The van der Waals surface area contributed by atoms with Crippen molar-refractivity contribution in [3.05, 3.63) is 83.9 Å². The number of nitrogens with two attached hydrogens (primary N) is 1. The second kappa shape index (κ2) is 12.8. The third-order valence-corrected chi connectivity index (χ3v) is 6.03. The molecule has 0 saturated carbocycles. The maximum atomic E-state index is 13.3. The number of hydrogen-bond donors (Lipinski definition) is 3. The molecule has 9 nitrogen and oxygen atoms in total. The van der Waals surface area contributed by atoms with Crippen LogP contribution in [0.2, 0.25) is 0 Å². The maximum absolute atomic E-state index is 13.3. The third kappa shape index (κ3) is 7.73. The lowest BCUT2D eigenvalue weighted by molar-refractivity contribution is 0.0365. The van der Waals surface area contributed by atoms with Gasteiger partial charge in [0.15, 0.2) is 0 Å². The zero-order chi connectivity index (χ0) is 26.0. The van der Waals surface area contributed by atoms with Gasteiger partial charge in [-0.3, -0.25) is 14.7 Å². The topological polar surface area (TPSA) is 113 Å². The Labute approximate surface area is 215 Å². The van der Waals surface area contributed by atoms with E-state index in [0.717, 1.165) is 44.8 Å². The highest BCUT2D eigenvalue weighted by Gasteiger charge is 2.17. The number of carbonyl (C=O) groups is 2. The molecular weight excluding hydrogens is 475 g/mol. The van der Waals surface area contributed by atoms with Crippen molar-refractivity contribution in [2.45, 2.75) is 13.0 Å². The quantitative estimate of drug-likeness (QED) is 0.381. The van der Waals surface area contributed by atoms with Crippen LogP contribution in [0, 0.1) is 5.82 Å². The number of ether oxygens (including phenoxy) is 1. The minimum absolute atomic E-state index is 0.238. The monoisotopic (exact) mass is 506 g/mol. The number of benzene rings is 2. The molecule has 0 radical (unpaired) electrons. The molecule has 1 aliphatic rings. The van der Waals surface area contributed by atoms with E-state index in [1.54, 1.807) is 47.5 Å². The molecule has 10 heteroatoms. The van der Waals surface area contributed by atoms with Gasteiger partial charge in [0.1, 0.15) is 11.5 Å². The average Bonchev–Trinajstić information content (AvgIpc) is 2.91. The summed E-state index contributed by atoms with van der Waals surface area (Å²) in [5.74, 6) is -0.744. The van der Waals surface area contributed by atoms with E-state index >= 15 is 0 Å². The minimum Gasteiger partial charge on any atom is -0.397 e. The fraction of sp³-hybridized carbons (Fsp3) is 0.296. The highest BCUT2D eigenvalue weighted by Crippen LogP contribution is 2.18. The van der Waals surface area contributed by atoms with Crippen molar-refractivity contribution in [2.75, 3.05) is 55.8 Å². The Morgan fingerprint density at radius 1 is 1.03 bits per heavy atom. The Kier molecular flexibility index (Phi) is 9.01. The molecule has 1 aliphatic heterocycles. The fourth-order valence-electron chi connectivity index (χ4n) is 3.97. The van der Waals surface area contributed by atoms with Crippen LogP contribution in [0.3, 0.4) is 0 Å². The van der Waals surface area contributed by atoms with E-state index in [1.807, 2.05) is 0 Å². The van der Waals surface area contributed by atoms with Gasteiger partial charge < -0.3 is 26.0 Å². The Morgan fingerprint density at radius 2 is 1.78 bits per heavy atom. The van der Waals surface area contributed by atoms with Crippen LogP contribution in [0.1, 0.15) is 22.5 Å². The van der Waals surface area contributed by atoms with Crippen LogP contribution in [-0.2, 0) is 11.3 Å². The molecule has 4 N–H and O–H groups in total. The van der Waals surface area contributed by atoms with Crippen molar-refractivity contribution < 1.29 is 18.7 Å². The second-order valence-electron chi connectivity index (χ2n) is 8.76. The molecule has 3 amide bonds. The SMILES string of the molecule is Nc1ccccc1NC(=O)c1ccc(CN(CCCN2CCOCC2)C(=O)Nc2ccc(F)cc2)cn1.